The van der Waals surface area contributed by atoms with E-state index in [1.54, 1.807) is 0 Å². The van der Waals surface area contributed by atoms with Crippen LogP contribution in [0.2, 0.25) is 0 Å². The van der Waals surface area contributed by atoms with Crippen molar-refractivity contribution in [2.24, 2.45) is 0 Å². The maximum Gasteiger partial charge on any atom is 0.224 e. The third kappa shape index (κ3) is 3.50. The molecule has 3 nitrogen and oxygen atoms in total. The SMILES string of the molecule is O=C(Cc1c(F)cccc1F)NC1CCCCC1O. The number of amides is 1. The molecule has 0 aliphatic heterocycles. The molecule has 0 bridgehead atoms. The summed E-state index contributed by atoms with van der Waals surface area (Å²) in [7, 11) is 0. The van der Waals surface area contributed by atoms with Gasteiger partial charge in [-0.05, 0) is 25.0 Å². The van der Waals surface area contributed by atoms with Crippen molar-refractivity contribution >= 4 is 5.91 Å². The van der Waals surface area contributed by atoms with E-state index in [1.165, 1.54) is 6.07 Å². The van der Waals surface area contributed by atoms with Gasteiger partial charge in [-0.25, -0.2) is 8.78 Å². The van der Waals surface area contributed by atoms with E-state index in [4.69, 9.17) is 0 Å². The van der Waals surface area contributed by atoms with Gasteiger partial charge >= 0.3 is 0 Å². The number of carbonyl (C=O) groups is 1. The van der Waals surface area contributed by atoms with E-state index < -0.39 is 23.6 Å². The highest BCUT2D eigenvalue weighted by atomic mass is 19.1. The van der Waals surface area contributed by atoms with E-state index in [0.29, 0.717) is 12.8 Å². The van der Waals surface area contributed by atoms with E-state index in [0.717, 1.165) is 25.0 Å². The van der Waals surface area contributed by atoms with Crippen molar-refractivity contribution in [1.82, 2.24) is 5.32 Å². The minimum Gasteiger partial charge on any atom is -0.391 e. The van der Waals surface area contributed by atoms with Gasteiger partial charge in [0.2, 0.25) is 5.91 Å². The third-order valence-electron chi connectivity index (χ3n) is 3.47. The van der Waals surface area contributed by atoms with Crippen LogP contribution < -0.4 is 5.32 Å². The molecule has 1 aliphatic rings. The molecule has 1 fully saturated rings. The Balaban J connectivity index is 1.97. The van der Waals surface area contributed by atoms with Gasteiger partial charge in [0.25, 0.3) is 0 Å². The predicted molar refractivity (Wildman–Crippen MR) is 66.5 cm³/mol. The van der Waals surface area contributed by atoms with Gasteiger partial charge in [0.15, 0.2) is 0 Å². The van der Waals surface area contributed by atoms with Crippen molar-refractivity contribution in [3.63, 3.8) is 0 Å². The van der Waals surface area contributed by atoms with Gasteiger partial charge in [-0.2, -0.15) is 0 Å². The lowest BCUT2D eigenvalue weighted by atomic mass is 9.92. The van der Waals surface area contributed by atoms with Gasteiger partial charge < -0.3 is 10.4 Å². The normalized spacial score (nSPS) is 23.1. The van der Waals surface area contributed by atoms with Crippen LogP contribution >= 0.6 is 0 Å². The number of nitrogens with one attached hydrogen (secondary N) is 1. The van der Waals surface area contributed by atoms with Crippen LogP contribution in [0.25, 0.3) is 0 Å². The van der Waals surface area contributed by atoms with Crippen molar-refractivity contribution in [2.75, 3.05) is 0 Å². The maximum absolute atomic E-state index is 13.4. The molecular formula is C14H17F2NO2. The van der Waals surface area contributed by atoms with Gasteiger partial charge in [-0.1, -0.05) is 18.9 Å². The number of aliphatic hydroxyl groups excluding tert-OH is 1. The van der Waals surface area contributed by atoms with E-state index in [-0.39, 0.29) is 18.0 Å². The maximum atomic E-state index is 13.4. The molecular weight excluding hydrogens is 252 g/mol. The summed E-state index contributed by atoms with van der Waals surface area (Å²) in [6, 6.07) is 3.20. The molecule has 5 heteroatoms. The second-order valence-electron chi connectivity index (χ2n) is 4.90. The molecule has 1 saturated carbocycles. The highest BCUT2D eigenvalue weighted by Gasteiger charge is 2.25. The first-order valence-electron chi connectivity index (χ1n) is 6.48. The second-order valence-corrected chi connectivity index (χ2v) is 4.90. The average Bonchev–Trinajstić information content (AvgIpc) is 2.37. The van der Waals surface area contributed by atoms with Gasteiger partial charge in [-0.3, -0.25) is 4.79 Å². The van der Waals surface area contributed by atoms with Gasteiger partial charge in [0.05, 0.1) is 18.6 Å². The molecule has 2 N–H and O–H groups in total. The Kier molecular flexibility index (Phi) is 4.47. The zero-order chi connectivity index (χ0) is 13.8. The molecule has 0 spiro atoms. The minimum atomic E-state index is -0.723. The molecule has 1 aromatic rings. The van der Waals surface area contributed by atoms with Crippen LogP contribution in [-0.4, -0.2) is 23.2 Å². The molecule has 0 radical (unpaired) electrons. The quantitative estimate of drug-likeness (QED) is 0.881. The first kappa shape index (κ1) is 13.9. The zero-order valence-electron chi connectivity index (χ0n) is 10.5. The van der Waals surface area contributed by atoms with Crippen LogP contribution in [0, 0.1) is 11.6 Å². The molecule has 2 unspecified atom stereocenters. The molecule has 2 atom stereocenters. The first-order chi connectivity index (χ1) is 9.08. The highest BCUT2D eigenvalue weighted by molar-refractivity contribution is 5.79. The Morgan fingerprint density at radius 2 is 1.89 bits per heavy atom. The largest absolute Gasteiger partial charge is 0.391 e. The van der Waals surface area contributed by atoms with Gasteiger partial charge in [-0.15, -0.1) is 0 Å². The fourth-order valence-electron chi connectivity index (χ4n) is 2.40. The summed E-state index contributed by atoms with van der Waals surface area (Å²) in [4.78, 5) is 11.8. The Bertz CT molecular complexity index is 445. The molecule has 19 heavy (non-hydrogen) atoms. The van der Waals surface area contributed by atoms with Crippen LogP contribution in [0.4, 0.5) is 8.78 Å². The Morgan fingerprint density at radius 1 is 1.26 bits per heavy atom. The number of hydrogen-bond donors (Lipinski definition) is 2. The van der Waals surface area contributed by atoms with E-state index >= 15 is 0 Å². The predicted octanol–water partition coefficient (Wildman–Crippen LogP) is 1.93. The standard InChI is InChI=1S/C14H17F2NO2/c15-10-4-3-5-11(16)9(10)8-14(19)17-12-6-1-2-7-13(12)18/h3-5,12-13,18H,1-2,6-8H2,(H,17,19). The number of benzene rings is 1. The van der Waals surface area contributed by atoms with Crippen LogP contribution in [0.3, 0.4) is 0 Å². The summed E-state index contributed by atoms with van der Waals surface area (Å²) in [5, 5.41) is 12.4. The van der Waals surface area contributed by atoms with Crippen LogP contribution in [0.1, 0.15) is 31.2 Å². The van der Waals surface area contributed by atoms with Crippen molar-refractivity contribution < 1.29 is 18.7 Å². The third-order valence-corrected chi connectivity index (χ3v) is 3.47. The molecule has 104 valence electrons. The number of rotatable bonds is 3. The first-order valence-corrected chi connectivity index (χ1v) is 6.48. The van der Waals surface area contributed by atoms with Crippen molar-refractivity contribution in [3.05, 3.63) is 35.4 Å². The second kappa shape index (κ2) is 6.10. The number of aliphatic hydroxyl groups is 1. The molecule has 0 aromatic heterocycles. The van der Waals surface area contributed by atoms with Crippen molar-refractivity contribution in [2.45, 2.75) is 44.2 Å². The summed E-state index contributed by atoms with van der Waals surface area (Å²) in [6.45, 7) is 0. The zero-order valence-corrected chi connectivity index (χ0v) is 10.5. The molecule has 1 amide bonds. The number of hydrogen-bond acceptors (Lipinski definition) is 2. The molecule has 2 rings (SSSR count). The number of carbonyl (C=O) groups excluding carboxylic acids is 1. The van der Waals surface area contributed by atoms with E-state index in [1.807, 2.05) is 0 Å². The Labute approximate surface area is 110 Å². The average molecular weight is 269 g/mol. The van der Waals surface area contributed by atoms with Crippen LogP contribution in [0.15, 0.2) is 18.2 Å². The van der Waals surface area contributed by atoms with Gasteiger partial charge in [0, 0.05) is 5.56 Å². The fraction of sp³-hybridized carbons (Fsp3) is 0.500. The van der Waals surface area contributed by atoms with Crippen LogP contribution in [-0.2, 0) is 11.2 Å². The lowest BCUT2D eigenvalue weighted by molar-refractivity contribution is -0.122. The Morgan fingerprint density at radius 3 is 2.53 bits per heavy atom. The Hall–Kier alpha value is -1.49. The molecule has 0 heterocycles. The minimum absolute atomic E-state index is 0.231. The summed E-state index contributed by atoms with van der Waals surface area (Å²) in [6.07, 6.45) is 2.32. The van der Waals surface area contributed by atoms with Crippen LogP contribution in [0.5, 0.6) is 0 Å². The topological polar surface area (TPSA) is 49.3 Å². The lowest BCUT2D eigenvalue weighted by Gasteiger charge is -2.28. The molecule has 1 aromatic carbocycles. The fourth-order valence-corrected chi connectivity index (χ4v) is 2.40. The summed E-state index contributed by atoms with van der Waals surface area (Å²) >= 11 is 0. The van der Waals surface area contributed by atoms with Crippen molar-refractivity contribution in [1.29, 1.82) is 0 Å². The van der Waals surface area contributed by atoms with Crippen molar-refractivity contribution in [3.8, 4) is 0 Å². The highest BCUT2D eigenvalue weighted by Crippen LogP contribution is 2.19. The number of halogens is 2. The van der Waals surface area contributed by atoms with Gasteiger partial charge in [0.1, 0.15) is 11.6 Å². The molecule has 0 saturated heterocycles. The van der Waals surface area contributed by atoms with E-state index in [2.05, 4.69) is 5.32 Å². The summed E-state index contributed by atoms with van der Waals surface area (Å²) in [5.41, 5.74) is -0.231. The lowest BCUT2D eigenvalue weighted by Crippen LogP contribution is -2.45. The molecule has 1 aliphatic carbocycles. The summed E-state index contributed by atoms with van der Waals surface area (Å²) in [5.74, 6) is -1.91. The van der Waals surface area contributed by atoms with E-state index in [9.17, 15) is 18.7 Å². The monoisotopic (exact) mass is 269 g/mol. The summed E-state index contributed by atoms with van der Waals surface area (Å²) < 4.78 is 26.8. The smallest absolute Gasteiger partial charge is 0.224 e.